The smallest absolute Gasteiger partial charge is 0.161 e. The van der Waals surface area contributed by atoms with Crippen LogP contribution in [0, 0.1) is 0 Å². The number of fused-ring (bicyclic) bond motifs is 6. The Balaban J connectivity index is 1.52. The zero-order valence-corrected chi connectivity index (χ0v) is 41.6. The van der Waals surface area contributed by atoms with Crippen LogP contribution in [-0.4, -0.2) is 39.6 Å². The van der Waals surface area contributed by atoms with E-state index in [1.807, 2.05) is 0 Å². The second-order valence-electron chi connectivity index (χ2n) is 17.9. The van der Waals surface area contributed by atoms with Gasteiger partial charge in [-0.3, -0.25) is 0 Å². The van der Waals surface area contributed by atoms with E-state index in [1.165, 1.54) is 56.9 Å². The van der Waals surface area contributed by atoms with Crippen LogP contribution in [0.2, 0.25) is 0 Å². The molecular formula is C57H84O6S. The SMILES string of the molecule is CCCCCOc1cc2c3cc(OCCCCC)c(OCCCCC)cc3c3cc(OCCCCCCCCCCc4ccsc4)c(OCCCCC)cc3c2cc1OCCCCC. The minimum atomic E-state index is 0.657. The monoisotopic (exact) mass is 897 g/mol. The summed E-state index contributed by atoms with van der Waals surface area (Å²) < 4.78 is 39.8. The molecule has 6 nitrogen and oxygen atoms in total. The van der Waals surface area contributed by atoms with Crippen LogP contribution in [0.4, 0.5) is 0 Å². The Morgan fingerprint density at radius 1 is 0.312 bits per heavy atom. The predicted molar refractivity (Wildman–Crippen MR) is 275 cm³/mol. The van der Waals surface area contributed by atoms with Crippen LogP contribution >= 0.6 is 11.3 Å². The molecule has 0 spiro atoms. The Kier molecular flexibility index (Phi) is 24.3. The molecule has 0 aliphatic heterocycles. The van der Waals surface area contributed by atoms with Crippen molar-refractivity contribution in [1.29, 1.82) is 0 Å². The first-order chi connectivity index (χ1) is 31.6. The minimum absolute atomic E-state index is 0.657. The lowest BCUT2D eigenvalue weighted by Crippen LogP contribution is -2.05. The maximum atomic E-state index is 6.74. The van der Waals surface area contributed by atoms with Crippen molar-refractivity contribution in [2.45, 2.75) is 189 Å². The van der Waals surface area contributed by atoms with E-state index in [2.05, 4.69) is 87.8 Å². The van der Waals surface area contributed by atoms with Gasteiger partial charge in [0.25, 0.3) is 0 Å². The average Bonchev–Trinajstić information content (AvgIpc) is 3.84. The molecule has 354 valence electrons. The van der Waals surface area contributed by atoms with Crippen LogP contribution in [0.3, 0.4) is 0 Å². The van der Waals surface area contributed by atoms with Gasteiger partial charge in [-0.1, -0.05) is 137 Å². The first-order valence-corrected chi connectivity index (χ1v) is 26.9. The molecule has 1 aromatic heterocycles. The molecule has 0 bridgehead atoms. The fourth-order valence-electron chi connectivity index (χ4n) is 8.47. The topological polar surface area (TPSA) is 55.4 Å². The maximum absolute atomic E-state index is 6.74. The first-order valence-electron chi connectivity index (χ1n) is 25.9. The molecule has 4 aromatic carbocycles. The van der Waals surface area contributed by atoms with E-state index >= 15 is 0 Å². The molecule has 0 N–H and O–H groups in total. The van der Waals surface area contributed by atoms with Crippen LogP contribution in [-0.2, 0) is 6.42 Å². The molecule has 0 amide bonds. The Hall–Kier alpha value is -3.84. The fourth-order valence-corrected chi connectivity index (χ4v) is 9.18. The Bertz CT molecular complexity index is 1970. The van der Waals surface area contributed by atoms with Crippen LogP contribution in [0.25, 0.3) is 32.3 Å². The molecule has 5 aromatic rings. The number of ether oxygens (including phenoxy) is 6. The van der Waals surface area contributed by atoms with Crippen LogP contribution < -0.4 is 28.4 Å². The summed E-state index contributed by atoms with van der Waals surface area (Å²) in [6, 6.07) is 15.6. The van der Waals surface area contributed by atoms with Crippen molar-refractivity contribution in [3.05, 3.63) is 58.8 Å². The Labute approximate surface area is 392 Å². The van der Waals surface area contributed by atoms with E-state index in [1.54, 1.807) is 11.3 Å². The molecule has 0 fully saturated rings. The lowest BCUT2D eigenvalue weighted by Gasteiger charge is -2.21. The van der Waals surface area contributed by atoms with Gasteiger partial charge in [-0.15, -0.1) is 0 Å². The third-order valence-electron chi connectivity index (χ3n) is 12.3. The molecule has 0 atom stereocenters. The van der Waals surface area contributed by atoms with Gasteiger partial charge in [-0.05, 0) is 142 Å². The molecular weight excluding hydrogens is 813 g/mol. The van der Waals surface area contributed by atoms with E-state index < -0.39 is 0 Å². The highest BCUT2D eigenvalue weighted by Gasteiger charge is 2.21. The van der Waals surface area contributed by atoms with Crippen molar-refractivity contribution in [2.75, 3.05) is 39.6 Å². The van der Waals surface area contributed by atoms with Gasteiger partial charge in [0.2, 0.25) is 0 Å². The quantitative estimate of drug-likeness (QED) is 0.0292. The summed E-state index contributed by atoms with van der Waals surface area (Å²) >= 11 is 1.81. The molecule has 7 heteroatoms. The van der Waals surface area contributed by atoms with Crippen molar-refractivity contribution in [3.8, 4) is 34.5 Å². The van der Waals surface area contributed by atoms with Gasteiger partial charge in [-0.2, -0.15) is 11.3 Å². The number of hydrogen-bond donors (Lipinski definition) is 0. The summed E-state index contributed by atoms with van der Waals surface area (Å²) in [5, 5.41) is 11.1. The molecule has 0 aliphatic rings. The number of unbranched alkanes of at least 4 members (excludes halogenated alkanes) is 17. The molecule has 0 aliphatic carbocycles. The summed E-state index contributed by atoms with van der Waals surface area (Å²) in [6.07, 6.45) is 27.7. The standard InChI is InChI=1S/C57H84O6S/c1-6-11-23-31-58-52-38-46-47-39-53(59-32-24-12-7-2)55(61-34-26-14-9-4)41-49(47)51-43-57(63-36-28-21-19-17-16-18-20-22-29-45-30-37-64-44-45)56(62-35-27-15-10-5)42-50(51)48(46)40-54(52)60-33-25-13-8-3/h30,37-44H,6-29,31-36H2,1-5H3. The van der Waals surface area contributed by atoms with E-state index in [0.717, 1.165) is 170 Å². The van der Waals surface area contributed by atoms with Gasteiger partial charge in [0.15, 0.2) is 34.5 Å². The number of hydrogen-bond acceptors (Lipinski definition) is 7. The van der Waals surface area contributed by atoms with Crippen LogP contribution in [0.15, 0.2) is 53.2 Å². The summed E-state index contributed by atoms with van der Waals surface area (Å²) in [4.78, 5) is 0. The third kappa shape index (κ3) is 16.5. The minimum Gasteiger partial charge on any atom is -0.490 e. The fraction of sp³-hybridized carbons (Fsp3) is 0.614. The van der Waals surface area contributed by atoms with Crippen molar-refractivity contribution in [1.82, 2.24) is 0 Å². The van der Waals surface area contributed by atoms with Gasteiger partial charge >= 0.3 is 0 Å². The number of benzene rings is 4. The van der Waals surface area contributed by atoms with E-state index in [-0.39, 0.29) is 0 Å². The normalized spacial score (nSPS) is 11.5. The summed E-state index contributed by atoms with van der Waals surface area (Å²) in [7, 11) is 0. The molecule has 0 unspecified atom stereocenters. The zero-order chi connectivity index (χ0) is 45.0. The summed E-state index contributed by atoms with van der Waals surface area (Å²) in [6.45, 7) is 15.1. The highest BCUT2D eigenvalue weighted by atomic mass is 32.1. The summed E-state index contributed by atoms with van der Waals surface area (Å²) in [5.74, 6) is 4.83. The summed E-state index contributed by atoms with van der Waals surface area (Å²) in [5.41, 5.74) is 1.50. The van der Waals surface area contributed by atoms with Gasteiger partial charge < -0.3 is 28.4 Å². The molecule has 64 heavy (non-hydrogen) atoms. The Morgan fingerprint density at radius 2 is 0.562 bits per heavy atom. The molecule has 0 saturated heterocycles. The average molecular weight is 897 g/mol. The number of rotatable bonds is 37. The van der Waals surface area contributed by atoms with Crippen LogP contribution in [0.1, 0.15) is 188 Å². The number of thiophene rings is 1. The molecule has 1 heterocycles. The predicted octanol–water partition coefficient (Wildman–Crippen LogP) is 17.8. The van der Waals surface area contributed by atoms with Gasteiger partial charge in [0.1, 0.15) is 0 Å². The maximum Gasteiger partial charge on any atom is 0.161 e. The highest BCUT2D eigenvalue weighted by molar-refractivity contribution is 7.07. The van der Waals surface area contributed by atoms with Crippen LogP contribution in [0.5, 0.6) is 34.5 Å². The van der Waals surface area contributed by atoms with E-state index in [9.17, 15) is 0 Å². The van der Waals surface area contributed by atoms with Crippen molar-refractivity contribution in [2.24, 2.45) is 0 Å². The van der Waals surface area contributed by atoms with E-state index in [4.69, 9.17) is 28.4 Å². The number of aryl methyl sites for hydroxylation is 1. The van der Waals surface area contributed by atoms with E-state index in [0.29, 0.717) is 39.6 Å². The van der Waals surface area contributed by atoms with Gasteiger partial charge in [0, 0.05) is 0 Å². The van der Waals surface area contributed by atoms with Crippen molar-refractivity contribution >= 4 is 43.7 Å². The van der Waals surface area contributed by atoms with Gasteiger partial charge in [-0.25, -0.2) is 0 Å². The van der Waals surface area contributed by atoms with Crippen molar-refractivity contribution < 1.29 is 28.4 Å². The zero-order valence-electron chi connectivity index (χ0n) is 40.8. The second-order valence-corrected chi connectivity index (χ2v) is 18.6. The Morgan fingerprint density at radius 3 is 0.812 bits per heavy atom. The highest BCUT2D eigenvalue weighted by Crippen LogP contribution is 2.47. The van der Waals surface area contributed by atoms with Gasteiger partial charge in [0.05, 0.1) is 39.6 Å². The first kappa shape index (κ1) is 51.1. The largest absolute Gasteiger partial charge is 0.490 e. The lowest BCUT2D eigenvalue weighted by atomic mass is 9.93. The third-order valence-corrected chi connectivity index (χ3v) is 13.1. The molecule has 0 saturated carbocycles. The van der Waals surface area contributed by atoms with Crippen molar-refractivity contribution in [3.63, 3.8) is 0 Å². The molecule has 5 rings (SSSR count). The lowest BCUT2D eigenvalue weighted by molar-refractivity contribution is 0.259. The second kappa shape index (κ2) is 30.4. The molecule has 0 radical (unpaired) electrons.